The van der Waals surface area contributed by atoms with E-state index in [1.54, 1.807) is 11.3 Å². The average molecular weight is 327 g/mol. The Labute approximate surface area is 135 Å². The van der Waals surface area contributed by atoms with Crippen LogP contribution in [0.25, 0.3) is 27.5 Å². The molecule has 4 aromatic heterocycles. The first kappa shape index (κ1) is 13.6. The lowest BCUT2D eigenvalue weighted by Crippen LogP contribution is -1.86. The number of fused-ring (bicyclic) bond motifs is 1. The Kier molecular flexibility index (Phi) is 3.29. The summed E-state index contributed by atoms with van der Waals surface area (Å²) in [5.41, 5.74) is 5.08. The summed E-state index contributed by atoms with van der Waals surface area (Å²) in [6, 6.07) is 6.17. The number of aliphatic hydroxyl groups is 1. The molecule has 1 N–H and O–H groups in total. The number of aromatic nitrogens is 3. The largest absolute Gasteiger partial charge is 0.389 e. The van der Waals surface area contributed by atoms with Gasteiger partial charge in [0.15, 0.2) is 0 Å². The van der Waals surface area contributed by atoms with Crippen molar-refractivity contribution in [1.82, 2.24) is 14.4 Å². The number of hydrogen-bond acceptors (Lipinski definition) is 5. The van der Waals surface area contributed by atoms with Crippen LogP contribution in [0.15, 0.2) is 41.4 Å². The van der Waals surface area contributed by atoms with Gasteiger partial charge in [0, 0.05) is 23.3 Å². The zero-order valence-electron chi connectivity index (χ0n) is 11.9. The number of imidazole rings is 1. The molecule has 0 aromatic carbocycles. The number of aryl methyl sites for hydroxylation is 1. The zero-order chi connectivity index (χ0) is 15.1. The van der Waals surface area contributed by atoms with Crippen molar-refractivity contribution < 1.29 is 5.11 Å². The molecule has 0 spiro atoms. The molecule has 0 saturated heterocycles. The van der Waals surface area contributed by atoms with Crippen LogP contribution in [0.5, 0.6) is 0 Å². The van der Waals surface area contributed by atoms with E-state index in [2.05, 4.69) is 28.3 Å². The van der Waals surface area contributed by atoms with E-state index < -0.39 is 0 Å². The Bertz CT molecular complexity index is 951. The minimum absolute atomic E-state index is 0.0140. The van der Waals surface area contributed by atoms with Crippen molar-refractivity contribution in [3.05, 3.63) is 51.9 Å². The number of thiazole rings is 1. The third kappa shape index (κ3) is 2.35. The minimum atomic E-state index is -0.0140. The summed E-state index contributed by atoms with van der Waals surface area (Å²) in [5.74, 6) is 0. The first-order chi connectivity index (χ1) is 10.7. The Morgan fingerprint density at radius 1 is 1.09 bits per heavy atom. The molecular weight excluding hydrogens is 314 g/mol. The fourth-order valence-electron chi connectivity index (χ4n) is 2.34. The molecule has 0 fully saturated rings. The molecule has 6 heteroatoms. The van der Waals surface area contributed by atoms with Crippen LogP contribution in [0.1, 0.15) is 10.6 Å². The molecule has 0 unspecified atom stereocenters. The van der Waals surface area contributed by atoms with Gasteiger partial charge in [-0.1, -0.05) is 0 Å². The Morgan fingerprint density at radius 2 is 2.00 bits per heavy atom. The van der Waals surface area contributed by atoms with E-state index in [-0.39, 0.29) is 6.61 Å². The molecule has 4 rings (SSSR count). The summed E-state index contributed by atoms with van der Waals surface area (Å²) >= 11 is 3.18. The van der Waals surface area contributed by atoms with Gasteiger partial charge in [0.05, 0.1) is 22.9 Å². The van der Waals surface area contributed by atoms with Gasteiger partial charge in [0.25, 0.3) is 0 Å². The summed E-state index contributed by atoms with van der Waals surface area (Å²) in [6.07, 6.45) is 4.08. The molecule has 0 bridgehead atoms. The second-order valence-electron chi connectivity index (χ2n) is 5.08. The second kappa shape index (κ2) is 5.31. The van der Waals surface area contributed by atoms with Crippen molar-refractivity contribution in [2.24, 2.45) is 0 Å². The molecule has 0 radical (unpaired) electrons. The molecule has 0 aliphatic heterocycles. The standard InChI is InChI=1S/C16H13N3OS2/c1-10-4-14(21-8-10)12-6-19-5-11(2-3-15(19)17-12)13-9-22-16(7-20)18-13/h2-6,8-9,20H,7H2,1H3. The van der Waals surface area contributed by atoms with Gasteiger partial charge < -0.3 is 9.51 Å². The van der Waals surface area contributed by atoms with Crippen LogP contribution in [-0.4, -0.2) is 19.5 Å². The van der Waals surface area contributed by atoms with Crippen LogP contribution < -0.4 is 0 Å². The van der Waals surface area contributed by atoms with Crippen LogP contribution in [0.4, 0.5) is 0 Å². The highest BCUT2D eigenvalue weighted by molar-refractivity contribution is 7.13. The van der Waals surface area contributed by atoms with Crippen molar-refractivity contribution in [1.29, 1.82) is 0 Å². The molecular formula is C16H13N3OS2. The van der Waals surface area contributed by atoms with Gasteiger partial charge in [-0.3, -0.25) is 0 Å². The highest BCUT2D eigenvalue weighted by atomic mass is 32.1. The highest BCUT2D eigenvalue weighted by Crippen LogP contribution is 2.28. The zero-order valence-corrected chi connectivity index (χ0v) is 13.5. The number of nitrogens with zero attached hydrogens (tertiary/aromatic N) is 3. The molecule has 0 aliphatic carbocycles. The molecule has 22 heavy (non-hydrogen) atoms. The van der Waals surface area contributed by atoms with Crippen LogP contribution in [0.3, 0.4) is 0 Å². The van der Waals surface area contributed by atoms with Crippen molar-refractivity contribution in [3.8, 4) is 21.8 Å². The number of aliphatic hydroxyl groups excluding tert-OH is 1. The van der Waals surface area contributed by atoms with Crippen LogP contribution in [-0.2, 0) is 6.61 Å². The lowest BCUT2D eigenvalue weighted by Gasteiger charge is -1.98. The highest BCUT2D eigenvalue weighted by Gasteiger charge is 2.09. The first-order valence-corrected chi connectivity index (χ1v) is 8.59. The van der Waals surface area contributed by atoms with E-state index in [0.717, 1.165) is 27.6 Å². The van der Waals surface area contributed by atoms with Gasteiger partial charge in [-0.05, 0) is 36.1 Å². The van der Waals surface area contributed by atoms with Crippen LogP contribution in [0.2, 0.25) is 0 Å². The Morgan fingerprint density at radius 3 is 2.73 bits per heavy atom. The third-order valence-corrected chi connectivity index (χ3v) is 5.32. The molecule has 4 heterocycles. The van der Waals surface area contributed by atoms with Gasteiger partial charge in [-0.2, -0.15) is 0 Å². The minimum Gasteiger partial charge on any atom is -0.389 e. The number of thiophene rings is 1. The molecule has 0 saturated carbocycles. The number of rotatable bonds is 3. The smallest absolute Gasteiger partial charge is 0.137 e. The van der Waals surface area contributed by atoms with E-state index in [9.17, 15) is 0 Å². The lowest BCUT2D eigenvalue weighted by atomic mass is 10.2. The fraction of sp³-hybridized carbons (Fsp3) is 0.125. The van der Waals surface area contributed by atoms with E-state index in [1.807, 2.05) is 34.3 Å². The molecule has 0 aliphatic rings. The topological polar surface area (TPSA) is 50.4 Å². The average Bonchev–Trinajstić information content (AvgIpc) is 3.24. The molecule has 4 aromatic rings. The summed E-state index contributed by atoms with van der Waals surface area (Å²) < 4.78 is 2.03. The second-order valence-corrected chi connectivity index (χ2v) is 6.94. The molecule has 0 amide bonds. The molecule has 110 valence electrons. The normalized spacial score (nSPS) is 11.4. The lowest BCUT2D eigenvalue weighted by molar-refractivity contribution is 0.281. The van der Waals surface area contributed by atoms with E-state index >= 15 is 0 Å². The van der Waals surface area contributed by atoms with Crippen molar-refractivity contribution in [3.63, 3.8) is 0 Å². The SMILES string of the molecule is Cc1csc(-c2cn3cc(-c4csc(CO)n4)ccc3n2)c1. The molecule has 4 nitrogen and oxygen atoms in total. The summed E-state index contributed by atoms with van der Waals surface area (Å²) in [6.45, 7) is 2.08. The third-order valence-electron chi connectivity index (χ3n) is 3.42. The van der Waals surface area contributed by atoms with Gasteiger partial charge in [0.2, 0.25) is 0 Å². The van der Waals surface area contributed by atoms with E-state index in [0.29, 0.717) is 0 Å². The van der Waals surface area contributed by atoms with Crippen LogP contribution >= 0.6 is 22.7 Å². The Hall–Kier alpha value is -2.02. The fourth-order valence-corrected chi connectivity index (χ4v) is 3.86. The number of pyridine rings is 1. The summed E-state index contributed by atoms with van der Waals surface area (Å²) in [7, 11) is 0. The Balaban J connectivity index is 1.77. The number of hydrogen-bond donors (Lipinski definition) is 1. The van der Waals surface area contributed by atoms with Crippen molar-refractivity contribution in [2.45, 2.75) is 13.5 Å². The summed E-state index contributed by atoms with van der Waals surface area (Å²) in [4.78, 5) is 10.3. The maximum atomic E-state index is 9.13. The summed E-state index contributed by atoms with van der Waals surface area (Å²) in [5, 5.41) is 14.0. The predicted octanol–water partition coefficient (Wildman–Crippen LogP) is 3.99. The van der Waals surface area contributed by atoms with E-state index in [1.165, 1.54) is 21.8 Å². The first-order valence-electron chi connectivity index (χ1n) is 6.83. The van der Waals surface area contributed by atoms with E-state index in [4.69, 9.17) is 5.11 Å². The maximum Gasteiger partial charge on any atom is 0.137 e. The van der Waals surface area contributed by atoms with Gasteiger partial charge in [0.1, 0.15) is 10.7 Å². The monoisotopic (exact) mass is 327 g/mol. The maximum absolute atomic E-state index is 9.13. The molecule has 0 atom stereocenters. The van der Waals surface area contributed by atoms with Gasteiger partial charge >= 0.3 is 0 Å². The van der Waals surface area contributed by atoms with Crippen molar-refractivity contribution in [2.75, 3.05) is 0 Å². The van der Waals surface area contributed by atoms with Crippen LogP contribution in [0, 0.1) is 6.92 Å². The quantitative estimate of drug-likeness (QED) is 0.619. The van der Waals surface area contributed by atoms with Gasteiger partial charge in [-0.25, -0.2) is 9.97 Å². The van der Waals surface area contributed by atoms with Gasteiger partial charge in [-0.15, -0.1) is 22.7 Å². The van der Waals surface area contributed by atoms with Crippen molar-refractivity contribution >= 4 is 28.3 Å². The predicted molar refractivity (Wildman–Crippen MR) is 90.3 cm³/mol.